The van der Waals surface area contributed by atoms with Crippen molar-refractivity contribution in [2.75, 3.05) is 0 Å². The van der Waals surface area contributed by atoms with Crippen LogP contribution in [0.1, 0.15) is 26.2 Å². The zero-order chi connectivity index (χ0) is 9.78. The van der Waals surface area contributed by atoms with Gasteiger partial charge in [0, 0.05) is 0 Å². The van der Waals surface area contributed by atoms with Gasteiger partial charge >= 0.3 is 6.18 Å². The van der Waals surface area contributed by atoms with Crippen LogP contribution in [0.25, 0.3) is 0 Å². The Morgan fingerprint density at radius 3 is 2.25 bits per heavy atom. The molecular weight excluding hydrogens is 171 g/mol. The van der Waals surface area contributed by atoms with Crippen molar-refractivity contribution in [3.05, 3.63) is 0 Å². The molecule has 2 nitrogen and oxygen atoms in total. The minimum atomic E-state index is -4.49. The first kappa shape index (κ1) is 11.3. The molecule has 0 spiro atoms. The maximum absolute atomic E-state index is 12.0. The van der Waals surface area contributed by atoms with E-state index in [1.807, 2.05) is 0 Å². The fraction of sp³-hybridized carbons (Fsp3) is 0.857. The van der Waals surface area contributed by atoms with Crippen LogP contribution in [-0.2, 0) is 4.79 Å². The molecule has 0 heterocycles. The number of primary amides is 1. The number of carbonyl (C=O) groups excluding carboxylic acids is 1. The van der Waals surface area contributed by atoms with Crippen molar-refractivity contribution in [1.82, 2.24) is 0 Å². The lowest BCUT2D eigenvalue weighted by Gasteiger charge is -2.15. The molecule has 0 saturated carbocycles. The smallest absolute Gasteiger partial charge is 0.369 e. The molecule has 0 radical (unpaired) electrons. The highest BCUT2D eigenvalue weighted by molar-refractivity contribution is 5.77. The topological polar surface area (TPSA) is 43.1 Å². The number of carbonyl (C=O) groups is 1. The molecule has 0 aromatic heterocycles. The first-order valence-corrected chi connectivity index (χ1v) is 3.75. The van der Waals surface area contributed by atoms with Crippen LogP contribution in [0.4, 0.5) is 13.2 Å². The van der Waals surface area contributed by atoms with E-state index in [1.165, 1.54) is 0 Å². The van der Waals surface area contributed by atoms with Gasteiger partial charge in [0.05, 0.1) is 0 Å². The number of hydrogen-bond donors (Lipinski definition) is 1. The van der Waals surface area contributed by atoms with Crippen LogP contribution in [0.15, 0.2) is 0 Å². The summed E-state index contributed by atoms with van der Waals surface area (Å²) in [5.41, 5.74) is 4.60. The van der Waals surface area contributed by atoms with Gasteiger partial charge in [-0.2, -0.15) is 13.2 Å². The zero-order valence-electron chi connectivity index (χ0n) is 6.82. The fourth-order valence-corrected chi connectivity index (χ4v) is 0.875. The second-order valence-corrected chi connectivity index (χ2v) is 2.64. The predicted octanol–water partition coefficient (Wildman–Crippen LogP) is 1.84. The number of amides is 1. The Kier molecular flexibility index (Phi) is 4.06. The van der Waals surface area contributed by atoms with Gasteiger partial charge in [0.2, 0.25) is 5.91 Å². The van der Waals surface area contributed by atoms with Gasteiger partial charge in [-0.05, 0) is 6.42 Å². The van der Waals surface area contributed by atoms with Crippen LogP contribution < -0.4 is 5.73 Å². The van der Waals surface area contributed by atoms with Crippen molar-refractivity contribution in [3.63, 3.8) is 0 Å². The van der Waals surface area contributed by atoms with Crippen molar-refractivity contribution < 1.29 is 18.0 Å². The number of unbranched alkanes of at least 4 members (excludes halogenated alkanes) is 1. The van der Waals surface area contributed by atoms with E-state index >= 15 is 0 Å². The standard InChI is InChI=1S/C7H12F3NO/c1-2-3-4-5(6(11)12)7(8,9)10/h5H,2-4H2,1H3,(H2,11,12). The molecule has 12 heavy (non-hydrogen) atoms. The average Bonchev–Trinajstić information content (AvgIpc) is 1.84. The summed E-state index contributed by atoms with van der Waals surface area (Å²) in [5, 5.41) is 0. The third-order valence-corrected chi connectivity index (χ3v) is 1.58. The largest absolute Gasteiger partial charge is 0.400 e. The van der Waals surface area contributed by atoms with Gasteiger partial charge < -0.3 is 5.73 Å². The van der Waals surface area contributed by atoms with E-state index < -0.39 is 18.0 Å². The van der Waals surface area contributed by atoms with Crippen LogP contribution in [0.5, 0.6) is 0 Å². The third-order valence-electron chi connectivity index (χ3n) is 1.58. The van der Waals surface area contributed by atoms with Gasteiger partial charge in [-0.25, -0.2) is 0 Å². The molecule has 0 rings (SSSR count). The first-order valence-electron chi connectivity index (χ1n) is 3.75. The van der Waals surface area contributed by atoms with Crippen molar-refractivity contribution in [3.8, 4) is 0 Å². The molecule has 0 aliphatic carbocycles. The SMILES string of the molecule is CCCCC(C(N)=O)C(F)(F)F. The summed E-state index contributed by atoms with van der Waals surface area (Å²) >= 11 is 0. The summed E-state index contributed by atoms with van der Waals surface area (Å²) in [4.78, 5) is 10.4. The average molecular weight is 183 g/mol. The second-order valence-electron chi connectivity index (χ2n) is 2.64. The summed E-state index contributed by atoms with van der Waals surface area (Å²) < 4.78 is 36.0. The Morgan fingerprint density at radius 2 is 2.00 bits per heavy atom. The third kappa shape index (κ3) is 3.59. The van der Waals surface area contributed by atoms with Crippen LogP contribution in [0, 0.1) is 5.92 Å². The van der Waals surface area contributed by atoms with Crippen molar-refractivity contribution in [2.24, 2.45) is 11.7 Å². The van der Waals surface area contributed by atoms with E-state index in [4.69, 9.17) is 0 Å². The fourth-order valence-electron chi connectivity index (χ4n) is 0.875. The maximum atomic E-state index is 12.0. The zero-order valence-corrected chi connectivity index (χ0v) is 6.82. The van der Waals surface area contributed by atoms with Gasteiger partial charge in [0.15, 0.2) is 0 Å². The Balaban J connectivity index is 4.15. The summed E-state index contributed by atoms with van der Waals surface area (Å²) in [6.07, 6.45) is -3.69. The van der Waals surface area contributed by atoms with E-state index in [9.17, 15) is 18.0 Å². The lowest BCUT2D eigenvalue weighted by molar-refractivity contribution is -0.182. The number of rotatable bonds is 4. The molecule has 0 aliphatic rings. The molecule has 5 heteroatoms. The summed E-state index contributed by atoms with van der Waals surface area (Å²) in [7, 11) is 0. The number of alkyl halides is 3. The van der Waals surface area contributed by atoms with Gasteiger partial charge in [-0.3, -0.25) is 4.79 Å². The molecular formula is C7H12F3NO. The minimum Gasteiger partial charge on any atom is -0.369 e. The molecule has 0 fully saturated rings. The monoisotopic (exact) mass is 183 g/mol. The molecule has 1 amide bonds. The second kappa shape index (κ2) is 4.33. The Morgan fingerprint density at radius 1 is 1.50 bits per heavy atom. The number of halogens is 3. The minimum absolute atomic E-state index is 0.199. The molecule has 72 valence electrons. The van der Waals surface area contributed by atoms with Crippen LogP contribution in [0.2, 0.25) is 0 Å². The van der Waals surface area contributed by atoms with E-state index in [1.54, 1.807) is 6.92 Å². The molecule has 1 atom stereocenters. The predicted molar refractivity (Wildman–Crippen MR) is 38.3 cm³/mol. The Hall–Kier alpha value is -0.740. The summed E-state index contributed by atoms with van der Waals surface area (Å²) in [6.45, 7) is 1.76. The van der Waals surface area contributed by atoms with E-state index in [0.717, 1.165) is 0 Å². The highest BCUT2D eigenvalue weighted by atomic mass is 19.4. The normalized spacial score (nSPS) is 14.3. The lowest BCUT2D eigenvalue weighted by atomic mass is 10.0. The molecule has 0 saturated heterocycles. The molecule has 1 unspecified atom stereocenters. The number of hydrogen-bond acceptors (Lipinski definition) is 1. The quantitative estimate of drug-likeness (QED) is 0.710. The van der Waals surface area contributed by atoms with E-state index in [2.05, 4.69) is 5.73 Å². The first-order chi connectivity index (χ1) is 5.39. The maximum Gasteiger partial charge on any atom is 0.400 e. The molecule has 0 bridgehead atoms. The van der Waals surface area contributed by atoms with Crippen LogP contribution in [0.3, 0.4) is 0 Å². The van der Waals surface area contributed by atoms with Crippen LogP contribution in [-0.4, -0.2) is 12.1 Å². The van der Waals surface area contributed by atoms with E-state index in [-0.39, 0.29) is 6.42 Å². The van der Waals surface area contributed by atoms with Crippen LogP contribution >= 0.6 is 0 Å². The Bertz CT molecular complexity index is 155. The molecule has 0 aliphatic heterocycles. The van der Waals surface area contributed by atoms with Gasteiger partial charge in [-0.15, -0.1) is 0 Å². The number of nitrogens with two attached hydrogens (primary N) is 1. The molecule has 2 N–H and O–H groups in total. The molecule has 0 aromatic rings. The van der Waals surface area contributed by atoms with Crippen molar-refractivity contribution in [1.29, 1.82) is 0 Å². The lowest BCUT2D eigenvalue weighted by Crippen LogP contribution is -2.35. The van der Waals surface area contributed by atoms with Gasteiger partial charge in [-0.1, -0.05) is 19.8 Å². The Labute approximate surface area is 68.9 Å². The highest BCUT2D eigenvalue weighted by Gasteiger charge is 2.42. The summed E-state index contributed by atoms with van der Waals surface area (Å²) in [6, 6.07) is 0. The van der Waals surface area contributed by atoms with E-state index in [0.29, 0.717) is 12.8 Å². The highest BCUT2D eigenvalue weighted by Crippen LogP contribution is 2.29. The van der Waals surface area contributed by atoms with Crippen molar-refractivity contribution >= 4 is 5.91 Å². The van der Waals surface area contributed by atoms with Gasteiger partial charge in [0.25, 0.3) is 0 Å². The molecule has 0 aromatic carbocycles. The summed E-state index contributed by atoms with van der Waals surface area (Å²) in [5.74, 6) is -3.26. The van der Waals surface area contributed by atoms with Gasteiger partial charge in [0.1, 0.15) is 5.92 Å². The van der Waals surface area contributed by atoms with Crippen molar-refractivity contribution in [2.45, 2.75) is 32.4 Å².